The van der Waals surface area contributed by atoms with Crippen LogP contribution in [0.4, 0.5) is 0 Å². The first-order valence-electron chi connectivity index (χ1n) is 6.80. The van der Waals surface area contributed by atoms with Gasteiger partial charge in [0.1, 0.15) is 0 Å². The zero-order valence-electron chi connectivity index (χ0n) is 11.3. The number of nitrogens with one attached hydrogen (secondary N) is 1. The van der Waals surface area contributed by atoms with Crippen molar-refractivity contribution in [3.63, 3.8) is 0 Å². The second-order valence-corrected chi connectivity index (χ2v) is 7.33. The summed E-state index contributed by atoms with van der Waals surface area (Å²) in [4.78, 5) is 0. The number of rotatable bonds is 5. The second kappa shape index (κ2) is 7.46. The topological polar surface area (TPSA) is 12.0 Å². The van der Waals surface area contributed by atoms with Gasteiger partial charge in [-0.1, -0.05) is 36.8 Å². The first-order chi connectivity index (χ1) is 8.81. The van der Waals surface area contributed by atoms with Crippen molar-refractivity contribution in [3.8, 4) is 0 Å². The zero-order valence-corrected chi connectivity index (χ0v) is 12.9. The van der Waals surface area contributed by atoms with Gasteiger partial charge in [-0.3, -0.25) is 0 Å². The largest absolute Gasteiger partial charge is 0.309 e. The summed E-state index contributed by atoms with van der Waals surface area (Å²) in [5.74, 6) is 3.89. The summed E-state index contributed by atoms with van der Waals surface area (Å²) in [6.45, 7) is 5.53. The maximum atomic E-state index is 3.75. The van der Waals surface area contributed by atoms with Crippen molar-refractivity contribution >= 4 is 23.5 Å². The van der Waals surface area contributed by atoms with E-state index in [1.54, 1.807) is 0 Å². The van der Waals surface area contributed by atoms with Gasteiger partial charge in [-0.2, -0.15) is 23.5 Å². The van der Waals surface area contributed by atoms with Crippen LogP contribution in [-0.4, -0.2) is 29.1 Å². The minimum Gasteiger partial charge on any atom is -0.309 e. The van der Waals surface area contributed by atoms with Crippen molar-refractivity contribution < 1.29 is 0 Å². The van der Waals surface area contributed by atoms with E-state index in [0.29, 0.717) is 6.04 Å². The monoisotopic (exact) mass is 281 g/mol. The normalized spacial score (nSPS) is 21.8. The van der Waals surface area contributed by atoms with E-state index in [-0.39, 0.29) is 0 Å². The molecule has 1 aliphatic heterocycles. The molecule has 0 bridgehead atoms. The van der Waals surface area contributed by atoms with Gasteiger partial charge in [0.2, 0.25) is 0 Å². The molecule has 18 heavy (non-hydrogen) atoms. The predicted octanol–water partition coefficient (Wildman–Crippen LogP) is 3.88. The molecule has 2 atom stereocenters. The smallest absolute Gasteiger partial charge is 0.0448 e. The van der Waals surface area contributed by atoms with Crippen LogP contribution < -0.4 is 5.32 Å². The molecule has 0 aliphatic carbocycles. The first kappa shape index (κ1) is 14.3. The van der Waals surface area contributed by atoms with Crippen LogP contribution in [0.1, 0.15) is 30.5 Å². The van der Waals surface area contributed by atoms with Crippen LogP contribution in [0.5, 0.6) is 0 Å². The molecule has 0 saturated carbocycles. The summed E-state index contributed by atoms with van der Waals surface area (Å²) < 4.78 is 0. The minimum absolute atomic E-state index is 0.516. The average molecular weight is 281 g/mol. The van der Waals surface area contributed by atoms with E-state index >= 15 is 0 Å². The van der Waals surface area contributed by atoms with Crippen molar-refractivity contribution in [1.29, 1.82) is 0 Å². The Hall–Kier alpha value is -0.120. The second-order valence-electron chi connectivity index (χ2n) is 4.83. The molecule has 1 N–H and O–H groups in total. The lowest BCUT2D eigenvalue weighted by molar-refractivity contribution is 0.530. The van der Waals surface area contributed by atoms with Gasteiger partial charge in [0.25, 0.3) is 0 Å². The Morgan fingerprint density at radius 1 is 1.39 bits per heavy atom. The molecular formula is C15H23NS2. The van der Waals surface area contributed by atoms with Gasteiger partial charge in [0.15, 0.2) is 0 Å². The third-order valence-electron chi connectivity index (χ3n) is 3.23. The van der Waals surface area contributed by atoms with E-state index in [2.05, 4.69) is 67.0 Å². The molecule has 2 rings (SSSR count). The van der Waals surface area contributed by atoms with Crippen molar-refractivity contribution in [2.24, 2.45) is 0 Å². The third kappa shape index (κ3) is 3.94. The van der Waals surface area contributed by atoms with Crippen molar-refractivity contribution in [2.75, 3.05) is 23.8 Å². The molecule has 1 heterocycles. The molecule has 1 aliphatic rings. The van der Waals surface area contributed by atoms with E-state index in [9.17, 15) is 0 Å². The Morgan fingerprint density at radius 2 is 2.28 bits per heavy atom. The fraction of sp³-hybridized carbons (Fsp3) is 0.600. The van der Waals surface area contributed by atoms with Gasteiger partial charge in [0, 0.05) is 28.6 Å². The highest BCUT2D eigenvalue weighted by Gasteiger charge is 2.25. The molecular weight excluding hydrogens is 258 g/mol. The summed E-state index contributed by atoms with van der Waals surface area (Å²) in [6.07, 6.45) is 1.20. The van der Waals surface area contributed by atoms with Gasteiger partial charge >= 0.3 is 0 Å². The molecule has 2 unspecified atom stereocenters. The summed E-state index contributed by atoms with van der Waals surface area (Å²) >= 11 is 4.24. The van der Waals surface area contributed by atoms with Crippen LogP contribution in [-0.2, 0) is 0 Å². The van der Waals surface area contributed by atoms with Gasteiger partial charge in [-0.25, -0.2) is 0 Å². The van der Waals surface area contributed by atoms with Gasteiger partial charge in [-0.05, 0) is 25.5 Å². The van der Waals surface area contributed by atoms with E-state index in [0.717, 1.165) is 11.8 Å². The maximum Gasteiger partial charge on any atom is 0.0448 e. The lowest BCUT2D eigenvalue weighted by Crippen LogP contribution is -2.34. The molecule has 1 fully saturated rings. The van der Waals surface area contributed by atoms with E-state index in [4.69, 9.17) is 0 Å². The lowest BCUT2D eigenvalue weighted by Gasteiger charge is -2.31. The summed E-state index contributed by atoms with van der Waals surface area (Å²) in [7, 11) is 0. The quantitative estimate of drug-likeness (QED) is 0.879. The minimum atomic E-state index is 0.516. The summed E-state index contributed by atoms with van der Waals surface area (Å²) in [6, 6.07) is 9.50. The highest BCUT2D eigenvalue weighted by Crippen LogP contribution is 2.33. The van der Waals surface area contributed by atoms with Gasteiger partial charge < -0.3 is 5.32 Å². The highest BCUT2D eigenvalue weighted by atomic mass is 32.2. The van der Waals surface area contributed by atoms with Crippen LogP contribution in [0.25, 0.3) is 0 Å². The SMILES string of the molecule is CCCNC(c1cccc(C)c1)C1CSCCS1. The van der Waals surface area contributed by atoms with Crippen LogP contribution in [0, 0.1) is 6.92 Å². The Balaban J connectivity index is 2.12. The van der Waals surface area contributed by atoms with Crippen molar-refractivity contribution in [1.82, 2.24) is 5.32 Å². The predicted molar refractivity (Wildman–Crippen MR) is 85.8 cm³/mol. The average Bonchev–Trinajstić information content (AvgIpc) is 2.40. The molecule has 100 valence electrons. The Morgan fingerprint density at radius 3 is 2.94 bits per heavy atom. The van der Waals surface area contributed by atoms with Gasteiger partial charge in [-0.15, -0.1) is 0 Å². The van der Waals surface area contributed by atoms with Crippen LogP contribution in [0.15, 0.2) is 24.3 Å². The number of benzene rings is 1. The van der Waals surface area contributed by atoms with E-state index < -0.39 is 0 Å². The fourth-order valence-corrected chi connectivity index (χ4v) is 5.20. The zero-order chi connectivity index (χ0) is 12.8. The number of aryl methyl sites for hydroxylation is 1. The molecule has 3 heteroatoms. The third-order valence-corrected chi connectivity index (χ3v) is 6.09. The van der Waals surface area contributed by atoms with Gasteiger partial charge in [0.05, 0.1) is 0 Å². The molecule has 0 aromatic heterocycles. The number of hydrogen-bond acceptors (Lipinski definition) is 3. The Kier molecular flexibility index (Phi) is 5.93. The van der Waals surface area contributed by atoms with Crippen molar-refractivity contribution in [3.05, 3.63) is 35.4 Å². The van der Waals surface area contributed by atoms with E-state index in [1.807, 2.05) is 0 Å². The molecule has 1 aromatic carbocycles. The highest BCUT2D eigenvalue weighted by molar-refractivity contribution is 8.06. The van der Waals surface area contributed by atoms with E-state index in [1.165, 1.54) is 34.8 Å². The van der Waals surface area contributed by atoms with Crippen LogP contribution in [0.2, 0.25) is 0 Å². The Labute approximate surface area is 120 Å². The van der Waals surface area contributed by atoms with Crippen LogP contribution in [0.3, 0.4) is 0 Å². The lowest BCUT2D eigenvalue weighted by atomic mass is 10.0. The molecule has 1 saturated heterocycles. The number of thioether (sulfide) groups is 2. The molecule has 0 amide bonds. The number of hydrogen-bond donors (Lipinski definition) is 1. The Bertz CT molecular complexity index is 361. The summed E-state index contributed by atoms with van der Waals surface area (Å²) in [5, 5.41) is 4.47. The molecule has 0 spiro atoms. The molecule has 1 aromatic rings. The van der Waals surface area contributed by atoms with Crippen LogP contribution >= 0.6 is 23.5 Å². The maximum absolute atomic E-state index is 3.75. The molecule has 1 nitrogen and oxygen atoms in total. The molecule has 0 radical (unpaired) electrons. The summed E-state index contributed by atoms with van der Waals surface area (Å²) in [5.41, 5.74) is 2.83. The van der Waals surface area contributed by atoms with Crippen molar-refractivity contribution in [2.45, 2.75) is 31.6 Å². The first-order valence-corrected chi connectivity index (χ1v) is 9.01. The standard InChI is InChI=1S/C15H23NS2/c1-3-7-16-15(14-11-17-8-9-18-14)13-6-4-5-12(2)10-13/h4-6,10,14-16H,3,7-9,11H2,1-2H3. The fourth-order valence-electron chi connectivity index (χ4n) is 2.33.